The highest BCUT2D eigenvalue weighted by molar-refractivity contribution is 5.78. The molecule has 0 aromatic heterocycles. The molecule has 1 aromatic carbocycles. The van der Waals surface area contributed by atoms with E-state index in [-0.39, 0.29) is 24.7 Å². The Hall–Kier alpha value is -1.59. The van der Waals surface area contributed by atoms with E-state index < -0.39 is 0 Å². The fraction of sp³-hybridized carbons (Fsp3) is 0.562. The van der Waals surface area contributed by atoms with Crippen LogP contribution in [0.25, 0.3) is 0 Å². The van der Waals surface area contributed by atoms with E-state index in [4.69, 9.17) is 14.2 Å². The molecule has 0 unspecified atom stereocenters. The molecule has 0 bridgehead atoms. The molecule has 2 rings (SSSR count). The molecule has 1 aliphatic heterocycles. The van der Waals surface area contributed by atoms with E-state index in [1.165, 1.54) is 5.56 Å². The van der Waals surface area contributed by atoms with Crippen molar-refractivity contribution < 1.29 is 19.0 Å². The lowest BCUT2D eigenvalue weighted by Crippen LogP contribution is -2.45. The zero-order valence-electron chi connectivity index (χ0n) is 12.8. The number of rotatable bonds is 6. The number of hydrogen-bond acceptors (Lipinski definition) is 4. The molecular formula is C16H23NO4. The summed E-state index contributed by atoms with van der Waals surface area (Å²) in [6.07, 6.45) is -0.0689. The van der Waals surface area contributed by atoms with Gasteiger partial charge in [0.25, 0.3) is 5.91 Å². The summed E-state index contributed by atoms with van der Waals surface area (Å²) in [4.78, 5) is 11.9. The van der Waals surface area contributed by atoms with Crippen molar-refractivity contribution in [1.29, 1.82) is 0 Å². The van der Waals surface area contributed by atoms with Crippen LogP contribution >= 0.6 is 0 Å². The van der Waals surface area contributed by atoms with Crippen LogP contribution in [0.15, 0.2) is 18.2 Å². The quantitative estimate of drug-likeness (QED) is 0.865. The Labute approximate surface area is 125 Å². The van der Waals surface area contributed by atoms with Crippen LogP contribution in [-0.4, -0.2) is 44.5 Å². The van der Waals surface area contributed by atoms with Gasteiger partial charge in [0.1, 0.15) is 11.9 Å². The third kappa shape index (κ3) is 4.44. The minimum absolute atomic E-state index is 0.00214. The molecule has 1 amide bonds. The second-order valence-electron chi connectivity index (χ2n) is 5.24. The minimum Gasteiger partial charge on any atom is -0.484 e. The molecule has 1 N–H and O–H groups in total. The summed E-state index contributed by atoms with van der Waals surface area (Å²) >= 11 is 0. The van der Waals surface area contributed by atoms with Crippen LogP contribution in [0.5, 0.6) is 5.75 Å². The van der Waals surface area contributed by atoms with Gasteiger partial charge < -0.3 is 19.5 Å². The Bertz CT molecular complexity index is 489. The van der Waals surface area contributed by atoms with Crippen LogP contribution < -0.4 is 10.1 Å². The van der Waals surface area contributed by atoms with Crippen LogP contribution in [0, 0.1) is 13.8 Å². The number of aryl methyl sites for hydroxylation is 2. The van der Waals surface area contributed by atoms with Gasteiger partial charge in [-0.1, -0.05) is 6.07 Å². The summed E-state index contributed by atoms with van der Waals surface area (Å²) in [5.74, 6) is 0.547. The SMILES string of the molecule is CCO[C@H]1COC[C@@H]1NC(=O)COc1ccc(C)c(C)c1. The first-order chi connectivity index (χ1) is 10.1. The van der Waals surface area contributed by atoms with Crippen molar-refractivity contribution in [3.05, 3.63) is 29.3 Å². The first-order valence-corrected chi connectivity index (χ1v) is 7.29. The van der Waals surface area contributed by atoms with Gasteiger partial charge in [-0.25, -0.2) is 0 Å². The lowest BCUT2D eigenvalue weighted by molar-refractivity contribution is -0.124. The summed E-state index contributed by atoms with van der Waals surface area (Å²) in [6, 6.07) is 5.70. The topological polar surface area (TPSA) is 56.8 Å². The third-order valence-corrected chi connectivity index (χ3v) is 3.60. The summed E-state index contributed by atoms with van der Waals surface area (Å²) in [6.45, 7) is 7.61. The number of hydrogen-bond donors (Lipinski definition) is 1. The maximum Gasteiger partial charge on any atom is 0.258 e. The summed E-state index contributed by atoms with van der Waals surface area (Å²) < 4.78 is 16.4. The van der Waals surface area contributed by atoms with Crippen molar-refractivity contribution in [2.24, 2.45) is 0 Å². The molecule has 1 aliphatic rings. The largest absolute Gasteiger partial charge is 0.484 e. The molecule has 2 atom stereocenters. The normalized spacial score (nSPS) is 21.3. The maximum absolute atomic E-state index is 11.9. The summed E-state index contributed by atoms with van der Waals surface area (Å²) in [5, 5.41) is 2.90. The molecule has 5 nitrogen and oxygen atoms in total. The fourth-order valence-electron chi connectivity index (χ4n) is 2.25. The minimum atomic E-state index is -0.159. The van der Waals surface area contributed by atoms with Crippen LogP contribution in [0.4, 0.5) is 0 Å². The second kappa shape index (κ2) is 7.43. The molecule has 0 radical (unpaired) electrons. The molecule has 116 valence electrons. The molecule has 1 saturated heterocycles. The van der Waals surface area contributed by atoms with Crippen molar-refractivity contribution in [2.45, 2.75) is 32.9 Å². The fourth-order valence-corrected chi connectivity index (χ4v) is 2.25. The van der Waals surface area contributed by atoms with E-state index in [0.29, 0.717) is 25.6 Å². The van der Waals surface area contributed by atoms with Gasteiger partial charge >= 0.3 is 0 Å². The first kappa shape index (κ1) is 15.8. The Morgan fingerprint density at radius 1 is 1.33 bits per heavy atom. The van der Waals surface area contributed by atoms with Gasteiger partial charge in [-0.15, -0.1) is 0 Å². The molecule has 0 aliphatic carbocycles. The Kier molecular flexibility index (Phi) is 5.59. The second-order valence-corrected chi connectivity index (χ2v) is 5.24. The summed E-state index contributed by atoms with van der Waals surface area (Å²) in [7, 11) is 0. The van der Waals surface area contributed by atoms with Gasteiger partial charge in [0.15, 0.2) is 6.61 Å². The molecule has 21 heavy (non-hydrogen) atoms. The molecule has 1 aromatic rings. The molecule has 1 heterocycles. The van der Waals surface area contributed by atoms with E-state index in [0.717, 1.165) is 5.56 Å². The smallest absolute Gasteiger partial charge is 0.258 e. The van der Waals surface area contributed by atoms with Crippen molar-refractivity contribution in [3.63, 3.8) is 0 Å². The number of carbonyl (C=O) groups is 1. The Morgan fingerprint density at radius 3 is 2.86 bits per heavy atom. The predicted octanol–water partition coefficient (Wildman–Crippen LogP) is 1.60. The number of ether oxygens (including phenoxy) is 3. The van der Waals surface area contributed by atoms with Gasteiger partial charge in [-0.2, -0.15) is 0 Å². The number of nitrogens with one attached hydrogen (secondary N) is 1. The van der Waals surface area contributed by atoms with Crippen LogP contribution in [0.2, 0.25) is 0 Å². The van der Waals surface area contributed by atoms with Crippen molar-refractivity contribution in [1.82, 2.24) is 5.32 Å². The highest BCUT2D eigenvalue weighted by Gasteiger charge is 2.29. The number of carbonyl (C=O) groups excluding carboxylic acids is 1. The molecule has 0 spiro atoms. The number of benzene rings is 1. The van der Waals surface area contributed by atoms with Crippen molar-refractivity contribution >= 4 is 5.91 Å². The zero-order chi connectivity index (χ0) is 15.2. The zero-order valence-corrected chi connectivity index (χ0v) is 12.8. The molecule has 5 heteroatoms. The lowest BCUT2D eigenvalue weighted by atomic mass is 10.1. The average molecular weight is 293 g/mol. The van der Waals surface area contributed by atoms with E-state index in [1.54, 1.807) is 0 Å². The Morgan fingerprint density at radius 2 is 2.14 bits per heavy atom. The summed E-state index contributed by atoms with van der Waals surface area (Å²) in [5.41, 5.74) is 2.35. The maximum atomic E-state index is 11.9. The van der Waals surface area contributed by atoms with Gasteiger partial charge in [0.05, 0.1) is 19.3 Å². The van der Waals surface area contributed by atoms with Crippen LogP contribution in [0.3, 0.4) is 0 Å². The lowest BCUT2D eigenvalue weighted by Gasteiger charge is -2.19. The van der Waals surface area contributed by atoms with Gasteiger partial charge in [0.2, 0.25) is 0 Å². The predicted molar refractivity (Wildman–Crippen MR) is 79.6 cm³/mol. The van der Waals surface area contributed by atoms with Gasteiger partial charge in [-0.3, -0.25) is 4.79 Å². The van der Waals surface area contributed by atoms with E-state index >= 15 is 0 Å². The monoisotopic (exact) mass is 293 g/mol. The molecule has 1 fully saturated rings. The third-order valence-electron chi connectivity index (χ3n) is 3.60. The number of amides is 1. The van der Waals surface area contributed by atoms with Gasteiger partial charge in [-0.05, 0) is 44.0 Å². The van der Waals surface area contributed by atoms with Gasteiger partial charge in [0, 0.05) is 6.61 Å². The highest BCUT2D eigenvalue weighted by atomic mass is 16.5. The highest BCUT2D eigenvalue weighted by Crippen LogP contribution is 2.16. The van der Waals surface area contributed by atoms with Crippen LogP contribution in [-0.2, 0) is 14.3 Å². The molecule has 0 saturated carbocycles. The Balaban J connectivity index is 1.80. The van der Waals surface area contributed by atoms with E-state index in [9.17, 15) is 4.79 Å². The van der Waals surface area contributed by atoms with Crippen molar-refractivity contribution in [2.75, 3.05) is 26.4 Å². The molecular weight excluding hydrogens is 270 g/mol. The van der Waals surface area contributed by atoms with E-state index in [2.05, 4.69) is 5.32 Å². The average Bonchev–Trinajstić information content (AvgIpc) is 2.88. The standard InChI is InChI=1S/C16H23NO4/c1-4-20-15-9-19-8-14(15)17-16(18)10-21-13-6-5-11(2)12(3)7-13/h5-7,14-15H,4,8-10H2,1-3H3,(H,17,18)/t14-,15-/m0/s1. The van der Waals surface area contributed by atoms with E-state index in [1.807, 2.05) is 39.0 Å². The van der Waals surface area contributed by atoms with Crippen molar-refractivity contribution in [3.8, 4) is 5.75 Å². The first-order valence-electron chi connectivity index (χ1n) is 7.29. The van der Waals surface area contributed by atoms with Crippen LogP contribution in [0.1, 0.15) is 18.1 Å².